The molecule has 0 heterocycles. The van der Waals surface area contributed by atoms with E-state index in [0.717, 1.165) is 5.56 Å². The van der Waals surface area contributed by atoms with Gasteiger partial charge in [-0.3, -0.25) is 4.79 Å². The fraction of sp³-hybridized carbons (Fsp3) is 0.182. The van der Waals surface area contributed by atoms with Crippen LogP contribution in [0.3, 0.4) is 0 Å². The van der Waals surface area contributed by atoms with E-state index in [1.165, 1.54) is 3.57 Å². The second kappa shape index (κ2) is 5.80. The van der Waals surface area contributed by atoms with Gasteiger partial charge in [-0.05, 0) is 46.7 Å². The van der Waals surface area contributed by atoms with Crippen LogP contribution in [0.4, 0.5) is 0 Å². The summed E-state index contributed by atoms with van der Waals surface area (Å²) in [5.41, 5.74) is 1.11. The standard InChI is InChI=1S/C11H11IO2/c12-10-7-5-9(6-8-10)3-1-2-4-11(13)14/h1,3,5-8H,2,4H2,(H,13,14). The van der Waals surface area contributed by atoms with Crippen molar-refractivity contribution < 1.29 is 9.90 Å². The van der Waals surface area contributed by atoms with Crippen molar-refractivity contribution in [1.29, 1.82) is 0 Å². The minimum atomic E-state index is -0.753. The lowest BCUT2D eigenvalue weighted by Gasteiger charge is -1.93. The number of carboxylic acids is 1. The molecular formula is C11H11IO2. The molecule has 0 spiro atoms. The van der Waals surface area contributed by atoms with Crippen molar-refractivity contribution in [3.05, 3.63) is 39.5 Å². The maximum Gasteiger partial charge on any atom is 0.303 e. The van der Waals surface area contributed by atoms with Gasteiger partial charge in [-0.2, -0.15) is 0 Å². The van der Waals surface area contributed by atoms with Crippen molar-refractivity contribution in [3.63, 3.8) is 0 Å². The first-order valence-corrected chi connectivity index (χ1v) is 5.40. The monoisotopic (exact) mass is 302 g/mol. The van der Waals surface area contributed by atoms with Gasteiger partial charge in [0.2, 0.25) is 0 Å². The summed E-state index contributed by atoms with van der Waals surface area (Å²) in [4.78, 5) is 10.2. The quantitative estimate of drug-likeness (QED) is 0.867. The van der Waals surface area contributed by atoms with Crippen LogP contribution in [0.25, 0.3) is 6.08 Å². The third-order valence-electron chi connectivity index (χ3n) is 1.71. The zero-order valence-electron chi connectivity index (χ0n) is 7.61. The number of hydrogen-bond acceptors (Lipinski definition) is 1. The average molecular weight is 302 g/mol. The van der Waals surface area contributed by atoms with E-state index in [2.05, 4.69) is 22.6 Å². The van der Waals surface area contributed by atoms with E-state index in [0.29, 0.717) is 6.42 Å². The molecule has 0 aliphatic carbocycles. The minimum absolute atomic E-state index is 0.195. The smallest absolute Gasteiger partial charge is 0.303 e. The van der Waals surface area contributed by atoms with Crippen LogP contribution in [-0.4, -0.2) is 11.1 Å². The Morgan fingerprint density at radius 3 is 2.57 bits per heavy atom. The van der Waals surface area contributed by atoms with Crippen LogP contribution in [0, 0.1) is 3.57 Å². The number of hydrogen-bond donors (Lipinski definition) is 1. The first-order valence-electron chi connectivity index (χ1n) is 4.32. The molecule has 0 unspecified atom stereocenters. The molecule has 0 aromatic heterocycles. The lowest BCUT2D eigenvalue weighted by Crippen LogP contribution is -1.91. The molecule has 0 atom stereocenters. The Kier molecular flexibility index (Phi) is 4.65. The van der Waals surface area contributed by atoms with Crippen molar-refractivity contribution in [2.75, 3.05) is 0 Å². The number of allylic oxidation sites excluding steroid dienone is 1. The minimum Gasteiger partial charge on any atom is -0.481 e. The van der Waals surface area contributed by atoms with Gasteiger partial charge in [-0.15, -0.1) is 0 Å². The maximum absolute atomic E-state index is 10.2. The molecule has 1 aromatic rings. The highest BCUT2D eigenvalue weighted by Gasteiger charge is 1.92. The molecule has 3 heteroatoms. The highest BCUT2D eigenvalue weighted by Crippen LogP contribution is 2.08. The van der Waals surface area contributed by atoms with Gasteiger partial charge < -0.3 is 5.11 Å². The Morgan fingerprint density at radius 2 is 2.00 bits per heavy atom. The predicted octanol–water partition coefficient (Wildman–Crippen LogP) is 3.17. The molecule has 0 saturated heterocycles. The van der Waals surface area contributed by atoms with E-state index in [1.807, 2.05) is 36.4 Å². The zero-order chi connectivity index (χ0) is 10.4. The summed E-state index contributed by atoms with van der Waals surface area (Å²) < 4.78 is 1.20. The largest absolute Gasteiger partial charge is 0.481 e. The van der Waals surface area contributed by atoms with Crippen LogP contribution < -0.4 is 0 Å². The molecular weight excluding hydrogens is 291 g/mol. The summed E-state index contributed by atoms with van der Waals surface area (Å²) in [5.74, 6) is -0.753. The van der Waals surface area contributed by atoms with Crippen molar-refractivity contribution in [2.45, 2.75) is 12.8 Å². The molecule has 1 aromatic carbocycles. The molecule has 74 valence electrons. The number of benzene rings is 1. The van der Waals surface area contributed by atoms with Crippen molar-refractivity contribution in [1.82, 2.24) is 0 Å². The highest BCUT2D eigenvalue weighted by molar-refractivity contribution is 14.1. The molecule has 2 nitrogen and oxygen atoms in total. The van der Waals surface area contributed by atoms with Gasteiger partial charge in [-0.25, -0.2) is 0 Å². The highest BCUT2D eigenvalue weighted by atomic mass is 127. The average Bonchev–Trinajstić information content (AvgIpc) is 2.15. The third-order valence-corrected chi connectivity index (χ3v) is 2.42. The number of rotatable bonds is 4. The van der Waals surface area contributed by atoms with Crippen LogP contribution in [-0.2, 0) is 4.79 Å². The van der Waals surface area contributed by atoms with Gasteiger partial charge in [0, 0.05) is 9.99 Å². The SMILES string of the molecule is O=C(O)CCC=Cc1ccc(I)cc1. The van der Waals surface area contributed by atoms with E-state index >= 15 is 0 Å². The molecule has 1 rings (SSSR count). The van der Waals surface area contributed by atoms with Gasteiger partial charge in [0.15, 0.2) is 0 Å². The first kappa shape index (κ1) is 11.2. The summed E-state index contributed by atoms with van der Waals surface area (Å²) in [6.07, 6.45) is 4.61. The summed E-state index contributed by atoms with van der Waals surface area (Å²) in [5, 5.41) is 8.41. The van der Waals surface area contributed by atoms with Crippen molar-refractivity contribution in [2.24, 2.45) is 0 Å². The van der Waals surface area contributed by atoms with E-state index in [1.54, 1.807) is 0 Å². The van der Waals surface area contributed by atoms with Gasteiger partial charge in [0.25, 0.3) is 0 Å². The number of carboxylic acid groups (broad SMARTS) is 1. The lowest BCUT2D eigenvalue weighted by atomic mass is 10.2. The van der Waals surface area contributed by atoms with Crippen molar-refractivity contribution in [3.8, 4) is 0 Å². The van der Waals surface area contributed by atoms with E-state index in [-0.39, 0.29) is 6.42 Å². The van der Waals surface area contributed by atoms with Crippen LogP contribution in [0.15, 0.2) is 30.3 Å². The van der Waals surface area contributed by atoms with Crippen LogP contribution in [0.2, 0.25) is 0 Å². The second-order valence-electron chi connectivity index (χ2n) is 2.89. The fourth-order valence-corrected chi connectivity index (χ4v) is 1.36. The normalized spacial score (nSPS) is 10.6. The Morgan fingerprint density at radius 1 is 1.36 bits per heavy atom. The lowest BCUT2D eigenvalue weighted by molar-refractivity contribution is -0.136. The Hall–Kier alpha value is -0.840. The van der Waals surface area contributed by atoms with Crippen molar-refractivity contribution >= 4 is 34.6 Å². The molecule has 0 fully saturated rings. The summed E-state index contributed by atoms with van der Waals surface area (Å²) >= 11 is 2.25. The predicted molar refractivity (Wildman–Crippen MR) is 65.1 cm³/mol. The molecule has 0 bridgehead atoms. The van der Waals surface area contributed by atoms with Crippen LogP contribution >= 0.6 is 22.6 Å². The van der Waals surface area contributed by atoms with Gasteiger partial charge >= 0.3 is 5.97 Å². The Bertz CT molecular complexity index is 328. The van der Waals surface area contributed by atoms with Gasteiger partial charge in [0.1, 0.15) is 0 Å². The molecule has 0 saturated carbocycles. The molecule has 14 heavy (non-hydrogen) atoms. The molecule has 0 amide bonds. The van der Waals surface area contributed by atoms with Crippen LogP contribution in [0.1, 0.15) is 18.4 Å². The summed E-state index contributed by atoms with van der Waals surface area (Å²) in [6.45, 7) is 0. The maximum atomic E-state index is 10.2. The van der Waals surface area contributed by atoms with E-state index < -0.39 is 5.97 Å². The third kappa shape index (κ3) is 4.41. The first-order chi connectivity index (χ1) is 6.68. The Labute approximate surface area is 96.8 Å². The molecule has 0 aliphatic rings. The zero-order valence-corrected chi connectivity index (χ0v) is 9.77. The summed E-state index contributed by atoms with van der Waals surface area (Å²) in [7, 11) is 0. The molecule has 0 radical (unpaired) electrons. The molecule has 0 aliphatic heterocycles. The second-order valence-corrected chi connectivity index (χ2v) is 4.13. The molecule has 1 N–H and O–H groups in total. The van der Waals surface area contributed by atoms with E-state index in [4.69, 9.17) is 5.11 Å². The Balaban J connectivity index is 2.44. The topological polar surface area (TPSA) is 37.3 Å². The van der Waals surface area contributed by atoms with E-state index in [9.17, 15) is 4.79 Å². The number of halogens is 1. The summed E-state index contributed by atoms with van der Waals surface area (Å²) in [6, 6.07) is 8.08. The fourth-order valence-electron chi connectivity index (χ4n) is 1.00. The van der Waals surface area contributed by atoms with Gasteiger partial charge in [0.05, 0.1) is 0 Å². The van der Waals surface area contributed by atoms with Gasteiger partial charge in [-0.1, -0.05) is 24.3 Å². The number of aliphatic carboxylic acids is 1. The number of carbonyl (C=O) groups is 1. The van der Waals surface area contributed by atoms with Crippen LogP contribution in [0.5, 0.6) is 0 Å².